The van der Waals surface area contributed by atoms with Crippen LogP contribution in [0.3, 0.4) is 0 Å². The van der Waals surface area contributed by atoms with Gasteiger partial charge in [-0.2, -0.15) is 0 Å². The highest BCUT2D eigenvalue weighted by Crippen LogP contribution is 2.36. The molecule has 8 nitrogen and oxygen atoms in total. The van der Waals surface area contributed by atoms with Crippen molar-refractivity contribution >= 4 is 80.1 Å². The zero-order chi connectivity index (χ0) is 34.5. The highest BCUT2D eigenvalue weighted by atomic mass is 35.5. The highest BCUT2D eigenvalue weighted by Gasteiger charge is 2.17. The number of halogens is 4. The summed E-state index contributed by atoms with van der Waals surface area (Å²) in [5.41, 5.74) is 6.01. The van der Waals surface area contributed by atoms with E-state index in [0.29, 0.717) is 55.9 Å². The fourth-order valence-electron chi connectivity index (χ4n) is 5.05. The molecule has 0 spiro atoms. The molecule has 0 aliphatic rings. The molecule has 6 aromatic rings. The molecule has 12 heteroatoms. The summed E-state index contributed by atoms with van der Waals surface area (Å²) in [5, 5.41) is 3.88. The smallest absolute Gasteiger partial charge is 0.341 e. The molecule has 248 valence electrons. The van der Waals surface area contributed by atoms with Crippen molar-refractivity contribution in [2.24, 2.45) is 0 Å². The summed E-state index contributed by atoms with van der Waals surface area (Å²) < 4.78 is 20.8. The molecule has 0 aliphatic heterocycles. The van der Waals surface area contributed by atoms with Crippen molar-refractivity contribution in [1.82, 2.24) is 9.97 Å². The molecule has 0 amide bonds. The number of methoxy groups -OCH3 is 2. The predicted octanol–water partition coefficient (Wildman–Crippen LogP) is 10.7. The van der Waals surface area contributed by atoms with Gasteiger partial charge in [-0.1, -0.05) is 52.5 Å². The summed E-state index contributed by atoms with van der Waals surface area (Å²) >= 11 is 24.2. The average molecular weight is 728 g/mol. The Morgan fingerprint density at radius 2 is 1.15 bits per heavy atom. The van der Waals surface area contributed by atoms with E-state index < -0.39 is 5.97 Å². The fourth-order valence-corrected chi connectivity index (χ4v) is 5.72. The molecule has 0 radical (unpaired) electrons. The second-order valence-electron chi connectivity index (χ2n) is 10.3. The zero-order valence-electron chi connectivity index (χ0n) is 26.3. The largest absolute Gasteiger partial charge is 0.496 e. The average Bonchev–Trinajstić information content (AvgIpc) is 3.68. The minimum atomic E-state index is -0.406. The van der Waals surface area contributed by atoms with Crippen LogP contribution in [0.15, 0.2) is 72.8 Å². The summed E-state index contributed by atoms with van der Waals surface area (Å²) in [6.45, 7) is 4.17. The van der Waals surface area contributed by atoms with Crippen LogP contribution in [-0.2, 0) is 9.47 Å². The second kappa shape index (κ2) is 15.3. The van der Waals surface area contributed by atoms with Crippen LogP contribution in [0.4, 0.5) is 0 Å². The first-order chi connectivity index (χ1) is 23.1. The van der Waals surface area contributed by atoms with Gasteiger partial charge in [0.1, 0.15) is 17.1 Å². The zero-order valence-corrected chi connectivity index (χ0v) is 29.3. The van der Waals surface area contributed by atoms with Crippen molar-refractivity contribution in [3.05, 3.63) is 104 Å². The molecule has 0 unspecified atom stereocenters. The monoisotopic (exact) mass is 726 g/mol. The highest BCUT2D eigenvalue weighted by molar-refractivity contribution is 6.43. The molecule has 2 N–H and O–H groups in total. The summed E-state index contributed by atoms with van der Waals surface area (Å²) in [7, 11) is 3.08. The SMILES string of the molecule is CCOC(=O)c1ccc(-c2cc3cc(Cl)c(Cl)cc3[nH]2)c(OC)c1.CCOC(=O)c1ccc(-c2cc3cc(Cl)c(Cl)cc3[nH]2)cc1OC. The molecule has 0 atom stereocenters. The molecule has 2 heterocycles. The molecule has 0 saturated carbocycles. The van der Waals surface area contributed by atoms with Gasteiger partial charge in [-0.25, -0.2) is 9.59 Å². The van der Waals surface area contributed by atoms with E-state index in [4.69, 9.17) is 65.4 Å². The topological polar surface area (TPSA) is 103 Å². The number of rotatable bonds is 8. The molecule has 0 bridgehead atoms. The van der Waals surface area contributed by atoms with Crippen molar-refractivity contribution < 1.29 is 28.5 Å². The van der Waals surface area contributed by atoms with Gasteiger partial charge >= 0.3 is 11.9 Å². The van der Waals surface area contributed by atoms with E-state index in [1.165, 1.54) is 7.11 Å². The third-order valence-electron chi connectivity index (χ3n) is 7.33. The maximum absolute atomic E-state index is 11.9. The first kappa shape index (κ1) is 35.0. The van der Waals surface area contributed by atoms with Gasteiger partial charge in [0, 0.05) is 38.6 Å². The quantitative estimate of drug-likeness (QED) is 0.151. The number of hydrogen-bond acceptors (Lipinski definition) is 6. The number of benzene rings is 4. The Morgan fingerprint density at radius 1 is 0.604 bits per heavy atom. The molecule has 0 saturated heterocycles. The van der Waals surface area contributed by atoms with Crippen LogP contribution in [0.25, 0.3) is 44.3 Å². The summed E-state index contributed by atoms with van der Waals surface area (Å²) in [6.07, 6.45) is 0. The Balaban J connectivity index is 0.000000188. The van der Waals surface area contributed by atoms with Crippen LogP contribution in [0, 0.1) is 0 Å². The van der Waals surface area contributed by atoms with E-state index in [0.717, 1.165) is 44.3 Å². The van der Waals surface area contributed by atoms with Gasteiger partial charge in [-0.05, 0) is 80.6 Å². The fraction of sp³-hybridized carbons (Fsp3) is 0.167. The molecule has 4 aromatic carbocycles. The minimum absolute atomic E-state index is 0.313. The number of carbonyl (C=O) groups excluding carboxylic acids is 2. The third kappa shape index (κ3) is 7.53. The molecule has 0 aliphatic carbocycles. The molecule has 0 fully saturated rings. The van der Waals surface area contributed by atoms with Gasteiger partial charge in [0.25, 0.3) is 0 Å². The Morgan fingerprint density at radius 3 is 1.73 bits per heavy atom. The lowest BCUT2D eigenvalue weighted by Crippen LogP contribution is -2.06. The van der Waals surface area contributed by atoms with E-state index in [-0.39, 0.29) is 5.97 Å². The number of carbonyl (C=O) groups is 2. The second-order valence-corrected chi connectivity index (χ2v) is 12.0. The summed E-state index contributed by atoms with van der Waals surface area (Å²) in [6, 6.07) is 21.6. The molecular formula is C36H30Cl4N2O6. The van der Waals surface area contributed by atoms with E-state index in [1.54, 1.807) is 63.4 Å². The van der Waals surface area contributed by atoms with Gasteiger partial charge in [-0.15, -0.1) is 0 Å². The normalized spacial score (nSPS) is 10.8. The van der Waals surface area contributed by atoms with E-state index in [2.05, 4.69) is 9.97 Å². The molecular weight excluding hydrogens is 698 g/mol. The Labute approximate surface area is 296 Å². The van der Waals surface area contributed by atoms with Crippen LogP contribution in [-0.4, -0.2) is 49.3 Å². The number of ether oxygens (including phenoxy) is 4. The van der Waals surface area contributed by atoms with Crippen molar-refractivity contribution in [3.8, 4) is 34.0 Å². The van der Waals surface area contributed by atoms with Crippen molar-refractivity contribution in [3.63, 3.8) is 0 Å². The van der Waals surface area contributed by atoms with Crippen LogP contribution in [0.1, 0.15) is 34.6 Å². The van der Waals surface area contributed by atoms with Crippen LogP contribution < -0.4 is 9.47 Å². The lowest BCUT2D eigenvalue weighted by atomic mass is 10.1. The van der Waals surface area contributed by atoms with Crippen LogP contribution in [0.2, 0.25) is 20.1 Å². The lowest BCUT2D eigenvalue weighted by molar-refractivity contribution is 0.0514. The Bertz CT molecular complexity index is 2060. The number of nitrogens with one attached hydrogen (secondary N) is 2. The van der Waals surface area contributed by atoms with Gasteiger partial charge in [0.15, 0.2) is 0 Å². The van der Waals surface area contributed by atoms with E-state index >= 15 is 0 Å². The van der Waals surface area contributed by atoms with Gasteiger partial charge in [0.2, 0.25) is 0 Å². The van der Waals surface area contributed by atoms with Crippen molar-refractivity contribution in [2.45, 2.75) is 13.8 Å². The number of fused-ring (bicyclic) bond motifs is 2. The van der Waals surface area contributed by atoms with Crippen molar-refractivity contribution in [2.75, 3.05) is 27.4 Å². The number of aromatic nitrogens is 2. The van der Waals surface area contributed by atoms with Gasteiger partial charge < -0.3 is 28.9 Å². The van der Waals surface area contributed by atoms with E-state index in [9.17, 15) is 9.59 Å². The Hall–Kier alpha value is -4.34. The van der Waals surface area contributed by atoms with Crippen LogP contribution in [0.5, 0.6) is 11.5 Å². The number of esters is 2. The first-order valence-corrected chi connectivity index (χ1v) is 16.2. The first-order valence-electron chi connectivity index (χ1n) is 14.7. The number of H-pyrrole nitrogens is 2. The van der Waals surface area contributed by atoms with Crippen LogP contribution >= 0.6 is 46.4 Å². The summed E-state index contributed by atoms with van der Waals surface area (Å²) in [4.78, 5) is 30.4. The third-order valence-corrected chi connectivity index (χ3v) is 8.78. The lowest BCUT2D eigenvalue weighted by Gasteiger charge is -2.09. The maximum Gasteiger partial charge on any atom is 0.341 e. The van der Waals surface area contributed by atoms with E-state index in [1.807, 2.05) is 30.3 Å². The maximum atomic E-state index is 11.9. The number of aromatic amines is 2. The molecule has 6 rings (SSSR count). The van der Waals surface area contributed by atoms with Gasteiger partial charge in [-0.3, -0.25) is 0 Å². The predicted molar refractivity (Wildman–Crippen MR) is 193 cm³/mol. The minimum Gasteiger partial charge on any atom is -0.496 e. The molecule has 2 aromatic heterocycles. The number of hydrogen-bond donors (Lipinski definition) is 2. The van der Waals surface area contributed by atoms with Gasteiger partial charge in [0.05, 0.1) is 58.8 Å². The standard InChI is InChI=1S/2C18H15Cl2NO3/c1-3-24-18(22)10-4-5-12(17(8-10)23-2)16-7-11-6-13(19)14(20)9-15(11)21-16;1-3-24-18(22)12-5-4-10(8-17(12)23-2)15-7-11-6-13(19)14(20)9-16(11)21-15/h2*4-9,21H,3H2,1-2H3. The molecule has 48 heavy (non-hydrogen) atoms. The Kier molecular flexibility index (Phi) is 11.1. The van der Waals surface area contributed by atoms with Crippen molar-refractivity contribution in [1.29, 1.82) is 0 Å². The summed E-state index contributed by atoms with van der Waals surface area (Å²) in [5.74, 6) is 0.249.